The molecule has 0 saturated carbocycles. The lowest BCUT2D eigenvalue weighted by molar-refractivity contribution is -0.136. The summed E-state index contributed by atoms with van der Waals surface area (Å²) in [6.07, 6.45) is 0.470. The molecule has 1 heterocycles. The zero-order chi connectivity index (χ0) is 14.7. The zero-order valence-corrected chi connectivity index (χ0v) is 12.8. The molecule has 106 valence electrons. The highest BCUT2D eigenvalue weighted by atomic mass is 79.9. The van der Waals surface area contributed by atoms with Gasteiger partial charge in [0, 0.05) is 19.0 Å². The van der Waals surface area contributed by atoms with Gasteiger partial charge in [-0.3, -0.25) is 4.79 Å². The maximum absolute atomic E-state index is 10.7. The molecule has 0 amide bonds. The molecular weight excluding hydrogens is 324 g/mol. The quantitative estimate of drug-likeness (QED) is 0.910. The number of aryl methyl sites for hydroxylation is 1. The third-order valence-corrected chi connectivity index (χ3v) is 4.00. The van der Waals surface area contributed by atoms with E-state index in [1.807, 2.05) is 35.9 Å². The van der Waals surface area contributed by atoms with Gasteiger partial charge in [-0.1, -0.05) is 0 Å². The molecule has 1 aromatic heterocycles. The molecular formula is C14H15BrN2O3. The average molecular weight is 339 g/mol. The van der Waals surface area contributed by atoms with E-state index in [1.54, 1.807) is 7.11 Å². The minimum absolute atomic E-state index is 0.0671. The molecule has 6 heteroatoms. The first-order valence-corrected chi connectivity index (χ1v) is 6.89. The summed E-state index contributed by atoms with van der Waals surface area (Å²) in [5, 5.41) is 8.75. The van der Waals surface area contributed by atoms with Crippen LogP contribution in [0.4, 0.5) is 0 Å². The fraction of sp³-hybridized carbons (Fsp3) is 0.286. The topological polar surface area (TPSA) is 64.3 Å². The maximum Gasteiger partial charge on any atom is 0.303 e. The molecule has 2 rings (SSSR count). The van der Waals surface area contributed by atoms with Crippen LogP contribution in [0.1, 0.15) is 12.1 Å². The molecule has 0 aliphatic rings. The number of ether oxygens (including phenoxy) is 1. The Morgan fingerprint density at radius 2 is 2.05 bits per heavy atom. The maximum atomic E-state index is 10.7. The van der Waals surface area contributed by atoms with Crippen molar-refractivity contribution in [2.75, 3.05) is 7.11 Å². The Morgan fingerprint density at radius 3 is 2.60 bits per heavy atom. The van der Waals surface area contributed by atoms with Crippen LogP contribution in [-0.2, 0) is 18.3 Å². The summed E-state index contributed by atoms with van der Waals surface area (Å²) in [6, 6.07) is 7.59. The Bertz CT molecular complexity index is 620. The SMILES string of the molecule is COc1ccc(-c2nc(CCC(=O)O)c(Br)n2C)cc1. The van der Waals surface area contributed by atoms with Crippen LogP contribution in [0.3, 0.4) is 0 Å². The molecule has 0 radical (unpaired) electrons. The van der Waals surface area contributed by atoms with Gasteiger partial charge in [0.05, 0.1) is 19.2 Å². The molecule has 0 saturated heterocycles. The first-order valence-electron chi connectivity index (χ1n) is 6.10. The number of hydrogen-bond acceptors (Lipinski definition) is 3. The van der Waals surface area contributed by atoms with E-state index in [4.69, 9.17) is 9.84 Å². The predicted molar refractivity (Wildman–Crippen MR) is 78.9 cm³/mol. The van der Waals surface area contributed by atoms with Gasteiger partial charge >= 0.3 is 5.97 Å². The molecule has 5 nitrogen and oxygen atoms in total. The summed E-state index contributed by atoms with van der Waals surface area (Å²) in [7, 11) is 3.51. The summed E-state index contributed by atoms with van der Waals surface area (Å²) in [5.41, 5.74) is 1.70. The largest absolute Gasteiger partial charge is 0.497 e. The van der Waals surface area contributed by atoms with Gasteiger partial charge in [-0.25, -0.2) is 4.98 Å². The van der Waals surface area contributed by atoms with Crippen LogP contribution in [0.2, 0.25) is 0 Å². The van der Waals surface area contributed by atoms with Gasteiger partial charge in [0.25, 0.3) is 0 Å². The Hall–Kier alpha value is -1.82. The van der Waals surface area contributed by atoms with Crippen molar-refractivity contribution < 1.29 is 14.6 Å². The summed E-state index contributed by atoms with van der Waals surface area (Å²) >= 11 is 3.46. The van der Waals surface area contributed by atoms with Crippen LogP contribution >= 0.6 is 15.9 Å². The minimum Gasteiger partial charge on any atom is -0.497 e. The van der Waals surface area contributed by atoms with Crippen molar-refractivity contribution in [2.24, 2.45) is 7.05 Å². The van der Waals surface area contributed by atoms with Crippen LogP contribution in [0.15, 0.2) is 28.9 Å². The van der Waals surface area contributed by atoms with Crippen LogP contribution < -0.4 is 4.74 Å². The highest BCUT2D eigenvalue weighted by Crippen LogP contribution is 2.27. The second-order valence-electron chi connectivity index (χ2n) is 4.35. The van der Waals surface area contributed by atoms with E-state index in [-0.39, 0.29) is 6.42 Å². The van der Waals surface area contributed by atoms with Gasteiger partial charge in [-0.05, 0) is 40.2 Å². The molecule has 0 aliphatic carbocycles. The van der Waals surface area contributed by atoms with Crippen LogP contribution in [0.5, 0.6) is 5.75 Å². The Labute approximate surface area is 125 Å². The number of rotatable bonds is 5. The zero-order valence-electron chi connectivity index (χ0n) is 11.3. The summed E-state index contributed by atoms with van der Waals surface area (Å²) in [5.74, 6) is 0.751. The number of halogens is 1. The van der Waals surface area contributed by atoms with Crippen molar-refractivity contribution in [1.29, 1.82) is 0 Å². The Morgan fingerprint density at radius 1 is 1.40 bits per heavy atom. The number of carboxylic acid groups (broad SMARTS) is 1. The van der Waals surface area contributed by atoms with Crippen molar-refractivity contribution in [3.63, 3.8) is 0 Å². The van der Waals surface area contributed by atoms with Gasteiger partial charge in [-0.15, -0.1) is 0 Å². The Balaban J connectivity index is 2.31. The predicted octanol–water partition coefficient (Wildman–Crippen LogP) is 2.88. The number of aromatic nitrogens is 2. The van der Waals surface area contributed by atoms with Gasteiger partial charge in [0.1, 0.15) is 16.2 Å². The molecule has 0 bridgehead atoms. The number of benzene rings is 1. The van der Waals surface area contributed by atoms with Crippen molar-refractivity contribution in [3.05, 3.63) is 34.6 Å². The van der Waals surface area contributed by atoms with Crippen molar-refractivity contribution in [3.8, 4) is 17.1 Å². The molecule has 1 N–H and O–H groups in total. The lowest BCUT2D eigenvalue weighted by Crippen LogP contribution is -1.98. The highest BCUT2D eigenvalue weighted by Gasteiger charge is 2.14. The van der Waals surface area contributed by atoms with E-state index in [2.05, 4.69) is 20.9 Å². The van der Waals surface area contributed by atoms with E-state index in [1.165, 1.54) is 0 Å². The number of aliphatic carboxylic acids is 1. The van der Waals surface area contributed by atoms with Gasteiger partial charge in [0.2, 0.25) is 0 Å². The first kappa shape index (κ1) is 14.6. The van der Waals surface area contributed by atoms with E-state index in [0.717, 1.165) is 27.4 Å². The average Bonchev–Trinajstić information content (AvgIpc) is 2.73. The molecule has 2 aromatic rings. The molecule has 1 aromatic carbocycles. The van der Waals surface area contributed by atoms with E-state index in [0.29, 0.717) is 6.42 Å². The number of imidazole rings is 1. The second kappa shape index (κ2) is 6.09. The number of carboxylic acids is 1. The van der Waals surface area contributed by atoms with Gasteiger partial charge < -0.3 is 14.4 Å². The molecule has 0 spiro atoms. The third-order valence-electron chi connectivity index (χ3n) is 3.02. The summed E-state index contributed by atoms with van der Waals surface area (Å²) < 4.78 is 7.84. The highest BCUT2D eigenvalue weighted by molar-refractivity contribution is 9.10. The third kappa shape index (κ3) is 3.01. The van der Waals surface area contributed by atoms with Gasteiger partial charge in [0.15, 0.2) is 0 Å². The second-order valence-corrected chi connectivity index (χ2v) is 5.11. The first-order chi connectivity index (χ1) is 9.52. The van der Waals surface area contributed by atoms with Crippen LogP contribution in [0, 0.1) is 0 Å². The number of carbonyl (C=O) groups is 1. The number of methoxy groups -OCH3 is 1. The number of nitrogens with zero attached hydrogens (tertiary/aromatic N) is 2. The van der Waals surface area contributed by atoms with Crippen LogP contribution in [0.25, 0.3) is 11.4 Å². The van der Waals surface area contributed by atoms with E-state index in [9.17, 15) is 4.79 Å². The summed E-state index contributed by atoms with van der Waals surface area (Å²) in [6.45, 7) is 0. The van der Waals surface area contributed by atoms with Crippen molar-refractivity contribution in [1.82, 2.24) is 9.55 Å². The smallest absolute Gasteiger partial charge is 0.303 e. The van der Waals surface area contributed by atoms with Crippen molar-refractivity contribution >= 4 is 21.9 Å². The van der Waals surface area contributed by atoms with Gasteiger partial charge in [-0.2, -0.15) is 0 Å². The fourth-order valence-electron chi connectivity index (χ4n) is 1.92. The van der Waals surface area contributed by atoms with E-state index >= 15 is 0 Å². The van der Waals surface area contributed by atoms with Crippen LogP contribution in [-0.4, -0.2) is 27.7 Å². The molecule has 20 heavy (non-hydrogen) atoms. The fourth-order valence-corrected chi connectivity index (χ4v) is 2.37. The lowest BCUT2D eigenvalue weighted by atomic mass is 10.2. The molecule has 0 aliphatic heterocycles. The molecule has 0 atom stereocenters. The van der Waals surface area contributed by atoms with Crippen molar-refractivity contribution in [2.45, 2.75) is 12.8 Å². The number of hydrogen-bond donors (Lipinski definition) is 1. The van der Waals surface area contributed by atoms with E-state index < -0.39 is 5.97 Å². The monoisotopic (exact) mass is 338 g/mol. The summed E-state index contributed by atoms with van der Waals surface area (Å²) in [4.78, 5) is 15.2. The molecule has 0 unspecified atom stereocenters. The lowest BCUT2D eigenvalue weighted by Gasteiger charge is -2.04. The Kier molecular flexibility index (Phi) is 4.44. The standard InChI is InChI=1S/C14H15BrN2O3/c1-17-13(15)11(7-8-12(18)19)16-14(17)9-3-5-10(20-2)6-4-9/h3-6H,7-8H2,1-2H3,(H,18,19). The minimum atomic E-state index is -0.825. The molecule has 0 fully saturated rings. The normalized spacial score (nSPS) is 10.6.